The fraction of sp³-hybridized carbons (Fsp3) is 0.500. The molecule has 0 aromatic rings. The van der Waals surface area contributed by atoms with Gasteiger partial charge in [-0.1, -0.05) is 24.3 Å². The Balaban J connectivity index is 2.16. The van der Waals surface area contributed by atoms with Gasteiger partial charge in [0.15, 0.2) is 0 Å². The minimum atomic E-state index is 0.586. The molecule has 2 unspecified atom stereocenters. The molecular weight excluding hydrogens is 134 g/mol. The van der Waals surface area contributed by atoms with Gasteiger partial charge < -0.3 is 0 Å². The predicted octanol–water partition coefficient (Wildman–Crippen LogP) is 2.21. The Hall–Kier alpha value is -0.850. The largest absolute Gasteiger partial charge is 0.297 e. The molecule has 0 amide bonds. The van der Waals surface area contributed by atoms with Crippen molar-refractivity contribution in [2.45, 2.75) is 12.8 Å². The highest BCUT2D eigenvalue weighted by Gasteiger charge is 2.17. The fourth-order valence-corrected chi connectivity index (χ4v) is 1.73. The SMILES string of the molecule is C1=CC2C=NCCCC2C=C1. The molecule has 2 rings (SSSR count). The van der Waals surface area contributed by atoms with Crippen molar-refractivity contribution in [1.29, 1.82) is 0 Å². The molecule has 0 fully saturated rings. The Labute approximate surface area is 67.5 Å². The van der Waals surface area contributed by atoms with Crippen LogP contribution in [0.1, 0.15) is 12.8 Å². The summed E-state index contributed by atoms with van der Waals surface area (Å²) < 4.78 is 0. The van der Waals surface area contributed by atoms with Crippen LogP contribution >= 0.6 is 0 Å². The lowest BCUT2D eigenvalue weighted by molar-refractivity contribution is 0.533. The van der Waals surface area contributed by atoms with Crippen LogP contribution < -0.4 is 0 Å². The van der Waals surface area contributed by atoms with Gasteiger partial charge in [-0.25, -0.2) is 0 Å². The first-order valence-electron chi connectivity index (χ1n) is 4.32. The summed E-state index contributed by atoms with van der Waals surface area (Å²) in [5, 5.41) is 0. The van der Waals surface area contributed by atoms with E-state index in [1.807, 2.05) is 0 Å². The molecule has 0 N–H and O–H groups in total. The highest BCUT2D eigenvalue weighted by atomic mass is 14.7. The molecule has 0 saturated heterocycles. The number of hydrogen-bond donors (Lipinski definition) is 0. The Morgan fingerprint density at radius 1 is 1.18 bits per heavy atom. The zero-order valence-corrected chi connectivity index (χ0v) is 6.61. The van der Waals surface area contributed by atoms with E-state index < -0.39 is 0 Å². The molecule has 1 heteroatoms. The maximum atomic E-state index is 4.35. The normalized spacial score (nSPS) is 34.9. The van der Waals surface area contributed by atoms with Crippen LogP contribution in [0.3, 0.4) is 0 Å². The van der Waals surface area contributed by atoms with Gasteiger partial charge in [0.05, 0.1) is 0 Å². The summed E-state index contributed by atoms with van der Waals surface area (Å²) in [7, 11) is 0. The molecule has 0 saturated carbocycles. The third-order valence-electron chi connectivity index (χ3n) is 2.40. The molecule has 2 atom stereocenters. The zero-order chi connectivity index (χ0) is 7.52. The Bertz CT molecular complexity index is 213. The van der Waals surface area contributed by atoms with E-state index in [4.69, 9.17) is 0 Å². The van der Waals surface area contributed by atoms with Crippen LogP contribution in [-0.2, 0) is 0 Å². The van der Waals surface area contributed by atoms with Crippen LogP contribution in [0.25, 0.3) is 0 Å². The molecule has 1 aliphatic carbocycles. The number of rotatable bonds is 0. The van der Waals surface area contributed by atoms with Crippen molar-refractivity contribution in [3.05, 3.63) is 24.3 Å². The molecule has 1 aliphatic heterocycles. The number of allylic oxidation sites excluding steroid dienone is 4. The lowest BCUT2D eigenvalue weighted by Gasteiger charge is -2.17. The smallest absolute Gasteiger partial charge is 0.0385 e. The van der Waals surface area contributed by atoms with Gasteiger partial charge in [0.25, 0.3) is 0 Å². The predicted molar refractivity (Wildman–Crippen MR) is 47.9 cm³/mol. The maximum Gasteiger partial charge on any atom is 0.0385 e. The summed E-state index contributed by atoms with van der Waals surface area (Å²) in [5.41, 5.74) is 0. The minimum Gasteiger partial charge on any atom is -0.297 e. The Kier molecular flexibility index (Phi) is 1.89. The van der Waals surface area contributed by atoms with E-state index in [-0.39, 0.29) is 0 Å². The summed E-state index contributed by atoms with van der Waals surface area (Å²) in [6.45, 7) is 1.02. The highest BCUT2D eigenvalue weighted by Crippen LogP contribution is 2.24. The molecule has 0 aromatic heterocycles. The second-order valence-corrected chi connectivity index (χ2v) is 3.21. The molecule has 1 nitrogen and oxygen atoms in total. The number of aliphatic imine (C=N–C) groups is 1. The van der Waals surface area contributed by atoms with Gasteiger partial charge in [0, 0.05) is 18.7 Å². The molecule has 1 heterocycles. The molecule has 0 aromatic carbocycles. The lowest BCUT2D eigenvalue weighted by Crippen LogP contribution is -2.12. The van der Waals surface area contributed by atoms with Crippen molar-refractivity contribution in [2.75, 3.05) is 6.54 Å². The summed E-state index contributed by atoms with van der Waals surface area (Å²) in [5.74, 6) is 1.31. The van der Waals surface area contributed by atoms with Crippen LogP contribution in [0, 0.1) is 11.8 Å². The first-order valence-corrected chi connectivity index (χ1v) is 4.32. The third-order valence-corrected chi connectivity index (χ3v) is 2.40. The Morgan fingerprint density at radius 2 is 2.09 bits per heavy atom. The van der Waals surface area contributed by atoms with E-state index in [0.717, 1.165) is 12.5 Å². The van der Waals surface area contributed by atoms with Crippen LogP contribution in [0.15, 0.2) is 29.3 Å². The van der Waals surface area contributed by atoms with Crippen LogP contribution in [0.2, 0.25) is 0 Å². The van der Waals surface area contributed by atoms with Crippen molar-refractivity contribution < 1.29 is 0 Å². The monoisotopic (exact) mass is 147 g/mol. The van der Waals surface area contributed by atoms with Crippen LogP contribution in [0.4, 0.5) is 0 Å². The van der Waals surface area contributed by atoms with E-state index in [2.05, 4.69) is 35.5 Å². The summed E-state index contributed by atoms with van der Waals surface area (Å²) in [4.78, 5) is 4.35. The van der Waals surface area contributed by atoms with E-state index in [9.17, 15) is 0 Å². The second kappa shape index (κ2) is 3.04. The molecule has 0 spiro atoms. The Morgan fingerprint density at radius 3 is 3.09 bits per heavy atom. The zero-order valence-electron chi connectivity index (χ0n) is 6.61. The highest BCUT2D eigenvalue weighted by molar-refractivity contribution is 5.65. The van der Waals surface area contributed by atoms with Crippen molar-refractivity contribution in [2.24, 2.45) is 16.8 Å². The second-order valence-electron chi connectivity index (χ2n) is 3.21. The van der Waals surface area contributed by atoms with Crippen molar-refractivity contribution in [3.8, 4) is 0 Å². The van der Waals surface area contributed by atoms with Gasteiger partial charge in [-0.15, -0.1) is 0 Å². The van der Waals surface area contributed by atoms with Gasteiger partial charge >= 0.3 is 0 Å². The molecule has 11 heavy (non-hydrogen) atoms. The van der Waals surface area contributed by atoms with Crippen LogP contribution in [-0.4, -0.2) is 12.8 Å². The minimum absolute atomic E-state index is 0.586. The molecule has 0 bridgehead atoms. The van der Waals surface area contributed by atoms with Gasteiger partial charge in [-0.3, -0.25) is 4.99 Å². The van der Waals surface area contributed by atoms with E-state index in [1.54, 1.807) is 0 Å². The van der Waals surface area contributed by atoms with Gasteiger partial charge in [0.1, 0.15) is 0 Å². The quantitative estimate of drug-likeness (QED) is 0.498. The molecule has 2 aliphatic rings. The standard InChI is InChI=1S/C10H13N/c1-2-5-10-8-11-7-3-6-9(10)4-1/h1-2,4-5,8-10H,3,6-7H2. The van der Waals surface area contributed by atoms with Gasteiger partial charge in [-0.2, -0.15) is 0 Å². The lowest BCUT2D eigenvalue weighted by atomic mass is 9.87. The number of hydrogen-bond acceptors (Lipinski definition) is 1. The molecule has 58 valence electrons. The van der Waals surface area contributed by atoms with Crippen LogP contribution in [0.5, 0.6) is 0 Å². The van der Waals surface area contributed by atoms with E-state index in [0.29, 0.717) is 5.92 Å². The average Bonchev–Trinajstić information content (AvgIpc) is 2.28. The number of fused-ring (bicyclic) bond motifs is 1. The first-order chi connectivity index (χ1) is 5.47. The molecule has 0 radical (unpaired) electrons. The first kappa shape index (κ1) is 6.84. The van der Waals surface area contributed by atoms with Gasteiger partial charge in [-0.05, 0) is 18.8 Å². The van der Waals surface area contributed by atoms with Crippen molar-refractivity contribution in [3.63, 3.8) is 0 Å². The average molecular weight is 147 g/mol. The third kappa shape index (κ3) is 1.42. The molecular formula is C10H13N. The fourth-order valence-electron chi connectivity index (χ4n) is 1.73. The van der Waals surface area contributed by atoms with E-state index in [1.165, 1.54) is 12.8 Å². The maximum absolute atomic E-state index is 4.35. The van der Waals surface area contributed by atoms with Gasteiger partial charge in [0.2, 0.25) is 0 Å². The summed E-state index contributed by atoms with van der Waals surface area (Å²) in [6, 6.07) is 0. The van der Waals surface area contributed by atoms with Crippen molar-refractivity contribution in [1.82, 2.24) is 0 Å². The van der Waals surface area contributed by atoms with Crippen molar-refractivity contribution >= 4 is 6.21 Å². The van der Waals surface area contributed by atoms with E-state index >= 15 is 0 Å². The topological polar surface area (TPSA) is 12.4 Å². The number of nitrogens with zero attached hydrogens (tertiary/aromatic N) is 1. The summed E-state index contributed by atoms with van der Waals surface area (Å²) in [6.07, 6.45) is 13.5. The summed E-state index contributed by atoms with van der Waals surface area (Å²) >= 11 is 0.